The number of nitrogens with zero attached hydrogens (tertiary/aromatic N) is 2. The van der Waals surface area contributed by atoms with Crippen molar-refractivity contribution >= 4 is 5.91 Å². The second kappa shape index (κ2) is 6.69. The van der Waals surface area contributed by atoms with Crippen molar-refractivity contribution in [1.82, 2.24) is 9.47 Å². The van der Waals surface area contributed by atoms with Gasteiger partial charge in [0.25, 0.3) is 11.5 Å². The molecule has 6 nitrogen and oxygen atoms in total. The van der Waals surface area contributed by atoms with Crippen LogP contribution in [-0.4, -0.2) is 52.4 Å². The predicted molar refractivity (Wildman–Crippen MR) is 89.9 cm³/mol. The lowest BCUT2D eigenvalue weighted by atomic mass is 9.70. The number of carbonyl (C=O) groups is 1. The Labute approximate surface area is 142 Å². The molecule has 2 fully saturated rings. The van der Waals surface area contributed by atoms with E-state index < -0.39 is 5.60 Å². The van der Waals surface area contributed by atoms with Gasteiger partial charge in [0.15, 0.2) is 0 Å². The molecule has 3 heterocycles. The molecule has 2 saturated heterocycles. The van der Waals surface area contributed by atoms with Crippen LogP contribution in [0.2, 0.25) is 0 Å². The molecule has 0 spiro atoms. The lowest BCUT2D eigenvalue weighted by Gasteiger charge is -2.48. The topological polar surface area (TPSA) is 71.8 Å². The molecule has 2 aliphatic heterocycles. The van der Waals surface area contributed by atoms with Crippen LogP contribution in [0.4, 0.5) is 0 Å². The molecule has 2 atom stereocenters. The SMILES string of the molecule is C[C@@H]1CN(C(=O)c2cccn(C)c2=O)CC[C@@]1(O)C1CCOCC1. The van der Waals surface area contributed by atoms with E-state index in [1.54, 1.807) is 30.3 Å². The number of piperidine rings is 1. The molecule has 0 unspecified atom stereocenters. The number of pyridine rings is 1. The predicted octanol–water partition coefficient (Wildman–Crippen LogP) is 1.02. The second-order valence-electron chi connectivity index (χ2n) is 7.12. The van der Waals surface area contributed by atoms with Crippen LogP contribution in [0.3, 0.4) is 0 Å². The summed E-state index contributed by atoms with van der Waals surface area (Å²) in [4.78, 5) is 26.6. The van der Waals surface area contributed by atoms with Gasteiger partial charge in [-0.3, -0.25) is 9.59 Å². The van der Waals surface area contributed by atoms with E-state index in [0.29, 0.717) is 32.7 Å². The summed E-state index contributed by atoms with van der Waals surface area (Å²) in [6, 6.07) is 3.29. The Balaban J connectivity index is 1.74. The molecule has 24 heavy (non-hydrogen) atoms. The number of ether oxygens (including phenoxy) is 1. The Bertz CT molecular complexity index is 665. The first kappa shape index (κ1) is 17.2. The van der Waals surface area contributed by atoms with E-state index in [4.69, 9.17) is 4.74 Å². The summed E-state index contributed by atoms with van der Waals surface area (Å²) < 4.78 is 6.82. The van der Waals surface area contributed by atoms with Gasteiger partial charge in [0.1, 0.15) is 5.56 Å². The first-order valence-corrected chi connectivity index (χ1v) is 8.68. The summed E-state index contributed by atoms with van der Waals surface area (Å²) >= 11 is 0. The molecule has 1 amide bonds. The van der Waals surface area contributed by atoms with Gasteiger partial charge >= 0.3 is 0 Å². The highest BCUT2D eigenvalue weighted by atomic mass is 16.5. The van der Waals surface area contributed by atoms with Crippen molar-refractivity contribution in [2.75, 3.05) is 26.3 Å². The molecular weight excluding hydrogens is 308 g/mol. The number of amides is 1. The van der Waals surface area contributed by atoms with E-state index in [1.807, 2.05) is 6.92 Å². The summed E-state index contributed by atoms with van der Waals surface area (Å²) in [7, 11) is 1.64. The van der Waals surface area contributed by atoms with Gasteiger partial charge in [-0.2, -0.15) is 0 Å². The normalized spacial score (nSPS) is 28.8. The van der Waals surface area contributed by atoms with Crippen molar-refractivity contribution in [3.05, 3.63) is 34.2 Å². The van der Waals surface area contributed by atoms with Gasteiger partial charge in [-0.1, -0.05) is 6.92 Å². The fraction of sp³-hybridized carbons (Fsp3) is 0.667. The number of aryl methyl sites for hydroxylation is 1. The number of hydrogen-bond donors (Lipinski definition) is 1. The van der Waals surface area contributed by atoms with E-state index in [9.17, 15) is 14.7 Å². The zero-order valence-corrected chi connectivity index (χ0v) is 14.4. The molecule has 0 aliphatic carbocycles. The fourth-order valence-electron chi connectivity index (χ4n) is 4.06. The van der Waals surface area contributed by atoms with Crippen LogP contribution in [0.25, 0.3) is 0 Å². The minimum Gasteiger partial charge on any atom is -0.389 e. The Morgan fingerprint density at radius 3 is 2.75 bits per heavy atom. The third kappa shape index (κ3) is 3.00. The van der Waals surface area contributed by atoms with Crippen molar-refractivity contribution < 1.29 is 14.6 Å². The Morgan fingerprint density at radius 2 is 2.08 bits per heavy atom. The minimum absolute atomic E-state index is 0.0223. The smallest absolute Gasteiger partial charge is 0.263 e. The monoisotopic (exact) mass is 334 g/mol. The van der Waals surface area contributed by atoms with E-state index in [1.165, 1.54) is 4.57 Å². The molecule has 2 aliphatic rings. The van der Waals surface area contributed by atoms with Crippen LogP contribution in [0.1, 0.15) is 36.5 Å². The molecule has 1 N–H and O–H groups in total. The largest absolute Gasteiger partial charge is 0.389 e. The molecule has 1 aromatic rings. The van der Waals surface area contributed by atoms with Gasteiger partial charge in [-0.25, -0.2) is 0 Å². The van der Waals surface area contributed by atoms with Crippen LogP contribution in [0.5, 0.6) is 0 Å². The number of carbonyl (C=O) groups excluding carboxylic acids is 1. The summed E-state index contributed by atoms with van der Waals surface area (Å²) in [6.45, 7) is 4.35. The van der Waals surface area contributed by atoms with E-state index in [-0.39, 0.29) is 28.9 Å². The highest BCUT2D eigenvalue weighted by Crippen LogP contribution is 2.39. The van der Waals surface area contributed by atoms with Crippen molar-refractivity contribution in [2.24, 2.45) is 18.9 Å². The highest BCUT2D eigenvalue weighted by molar-refractivity contribution is 5.93. The standard InChI is InChI=1S/C18H26N2O4/c1-13-12-20(17(22)15-4-3-8-19(2)16(15)21)9-7-18(13,23)14-5-10-24-11-6-14/h3-4,8,13-14,23H,5-7,9-12H2,1-2H3/t13-,18+/m1/s1. The summed E-state index contributed by atoms with van der Waals surface area (Å²) in [5.41, 5.74) is -0.827. The Morgan fingerprint density at radius 1 is 1.38 bits per heavy atom. The third-order valence-corrected chi connectivity index (χ3v) is 5.70. The molecular formula is C18H26N2O4. The molecule has 3 rings (SSSR count). The van der Waals surface area contributed by atoms with Gasteiger partial charge in [0.2, 0.25) is 0 Å². The highest BCUT2D eigenvalue weighted by Gasteiger charge is 2.46. The van der Waals surface area contributed by atoms with E-state index in [2.05, 4.69) is 0 Å². The number of hydrogen-bond acceptors (Lipinski definition) is 4. The van der Waals surface area contributed by atoms with Crippen molar-refractivity contribution in [3.63, 3.8) is 0 Å². The van der Waals surface area contributed by atoms with Gasteiger partial charge in [-0.15, -0.1) is 0 Å². The zero-order chi connectivity index (χ0) is 17.3. The summed E-state index contributed by atoms with van der Waals surface area (Å²) in [6.07, 6.45) is 3.93. The van der Waals surface area contributed by atoms with Crippen LogP contribution >= 0.6 is 0 Å². The van der Waals surface area contributed by atoms with Crippen LogP contribution in [-0.2, 0) is 11.8 Å². The zero-order valence-electron chi connectivity index (χ0n) is 14.4. The van der Waals surface area contributed by atoms with Gasteiger partial charge in [-0.05, 0) is 37.3 Å². The molecule has 0 saturated carbocycles. The number of aliphatic hydroxyl groups is 1. The minimum atomic E-state index is -0.748. The number of aromatic nitrogens is 1. The van der Waals surface area contributed by atoms with Crippen molar-refractivity contribution in [2.45, 2.75) is 31.8 Å². The molecule has 0 aromatic carbocycles. The third-order valence-electron chi connectivity index (χ3n) is 5.70. The van der Waals surface area contributed by atoms with Gasteiger partial charge < -0.3 is 19.3 Å². The average Bonchev–Trinajstić information content (AvgIpc) is 2.60. The Kier molecular flexibility index (Phi) is 4.78. The fourth-order valence-corrected chi connectivity index (χ4v) is 4.06. The maximum atomic E-state index is 12.7. The number of likely N-dealkylation sites (tertiary alicyclic amines) is 1. The first-order valence-electron chi connectivity index (χ1n) is 8.68. The average molecular weight is 334 g/mol. The molecule has 6 heteroatoms. The lowest BCUT2D eigenvalue weighted by molar-refractivity contribution is -0.125. The molecule has 0 bridgehead atoms. The number of rotatable bonds is 2. The lowest BCUT2D eigenvalue weighted by Crippen LogP contribution is -2.57. The van der Waals surface area contributed by atoms with E-state index in [0.717, 1.165) is 12.8 Å². The summed E-state index contributed by atoms with van der Waals surface area (Å²) in [5, 5.41) is 11.2. The van der Waals surface area contributed by atoms with E-state index >= 15 is 0 Å². The molecule has 0 radical (unpaired) electrons. The first-order chi connectivity index (χ1) is 11.4. The van der Waals surface area contributed by atoms with Gasteiger partial charge in [0, 0.05) is 45.5 Å². The van der Waals surface area contributed by atoms with Crippen molar-refractivity contribution in [1.29, 1.82) is 0 Å². The summed E-state index contributed by atoms with van der Waals surface area (Å²) in [5.74, 6) is -0.0361. The Hall–Kier alpha value is -1.66. The quantitative estimate of drug-likeness (QED) is 0.877. The molecule has 132 valence electrons. The molecule has 1 aromatic heterocycles. The second-order valence-corrected chi connectivity index (χ2v) is 7.12. The van der Waals surface area contributed by atoms with Crippen molar-refractivity contribution in [3.8, 4) is 0 Å². The van der Waals surface area contributed by atoms with Gasteiger partial charge in [0.05, 0.1) is 5.60 Å². The maximum Gasteiger partial charge on any atom is 0.263 e. The maximum absolute atomic E-state index is 12.7. The van der Waals surface area contributed by atoms with Crippen LogP contribution < -0.4 is 5.56 Å². The van der Waals surface area contributed by atoms with Crippen LogP contribution in [0.15, 0.2) is 23.1 Å². The van der Waals surface area contributed by atoms with Crippen LogP contribution in [0, 0.1) is 11.8 Å².